The van der Waals surface area contributed by atoms with Gasteiger partial charge in [0, 0.05) is 18.8 Å². The fourth-order valence-corrected chi connectivity index (χ4v) is 2.02. The monoisotopic (exact) mass is 236 g/mol. The molecule has 0 aliphatic carbocycles. The lowest BCUT2D eigenvalue weighted by Gasteiger charge is -2.19. The maximum absolute atomic E-state index is 9.01. The lowest BCUT2D eigenvalue weighted by Crippen LogP contribution is -2.26. The molecule has 1 heterocycles. The Kier molecular flexibility index (Phi) is 6.82. The van der Waals surface area contributed by atoms with Crippen LogP contribution in [0.4, 0.5) is 0 Å². The van der Waals surface area contributed by atoms with Crippen molar-refractivity contribution in [2.45, 2.75) is 39.2 Å². The summed E-state index contributed by atoms with van der Waals surface area (Å²) in [5.41, 5.74) is 1.08. The third-order valence-electron chi connectivity index (χ3n) is 3.08. The van der Waals surface area contributed by atoms with Gasteiger partial charge in [0.1, 0.15) is 0 Å². The summed E-state index contributed by atoms with van der Waals surface area (Å²) >= 11 is 0. The first-order valence-corrected chi connectivity index (χ1v) is 6.53. The van der Waals surface area contributed by atoms with Crippen LogP contribution < -0.4 is 5.32 Å². The quantitative estimate of drug-likeness (QED) is 0.729. The second kappa shape index (κ2) is 8.20. The highest BCUT2D eigenvalue weighted by atomic mass is 16.3. The highest BCUT2D eigenvalue weighted by Crippen LogP contribution is 2.13. The minimum atomic E-state index is 0.272. The highest BCUT2D eigenvalue weighted by molar-refractivity contribution is 5.07. The molecule has 0 amide bonds. The largest absolute Gasteiger partial charge is 0.396 e. The van der Waals surface area contributed by atoms with Gasteiger partial charge in [-0.2, -0.15) is 0 Å². The van der Waals surface area contributed by atoms with Crippen LogP contribution in [-0.2, 0) is 0 Å². The minimum Gasteiger partial charge on any atom is -0.396 e. The van der Waals surface area contributed by atoms with E-state index in [1.807, 2.05) is 24.4 Å². The lowest BCUT2D eigenvalue weighted by molar-refractivity contribution is 0.245. The van der Waals surface area contributed by atoms with Gasteiger partial charge in [-0.15, -0.1) is 0 Å². The molecule has 1 rings (SSSR count). The second-order valence-corrected chi connectivity index (χ2v) is 4.55. The Hall–Kier alpha value is -0.930. The molecule has 0 bridgehead atoms. The fourth-order valence-electron chi connectivity index (χ4n) is 2.02. The first kappa shape index (κ1) is 14.1. The van der Waals surface area contributed by atoms with Crippen LogP contribution in [0, 0.1) is 5.92 Å². The normalized spacial score (nSPS) is 14.5. The summed E-state index contributed by atoms with van der Waals surface area (Å²) in [6.45, 7) is 5.55. The van der Waals surface area contributed by atoms with Crippen LogP contribution in [0.1, 0.15) is 44.8 Å². The van der Waals surface area contributed by atoms with Gasteiger partial charge in [-0.3, -0.25) is 4.98 Å². The van der Waals surface area contributed by atoms with Crippen LogP contribution in [0.15, 0.2) is 24.4 Å². The zero-order valence-corrected chi connectivity index (χ0v) is 10.9. The first-order chi connectivity index (χ1) is 8.27. The van der Waals surface area contributed by atoms with Gasteiger partial charge in [0.05, 0.1) is 5.69 Å². The van der Waals surface area contributed by atoms with Crippen molar-refractivity contribution in [2.24, 2.45) is 5.92 Å². The topological polar surface area (TPSA) is 45.1 Å². The molecule has 0 spiro atoms. The van der Waals surface area contributed by atoms with Crippen molar-refractivity contribution in [3.05, 3.63) is 30.1 Å². The molecule has 2 N–H and O–H groups in total. The average molecular weight is 236 g/mol. The Morgan fingerprint density at radius 2 is 2.18 bits per heavy atom. The fraction of sp³-hybridized carbons (Fsp3) is 0.643. The van der Waals surface area contributed by atoms with Gasteiger partial charge in [-0.05, 0) is 44.4 Å². The summed E-state index contributed by atoms with van der Waals surface area (Å²) in [6, 6.07) is 6.26. The number of hydrogen-bond donors (Lipinski definition) is 2. The van der Waals surface area contributed by atoms with Gasteiger partial charge in [0.15, 0.2) is 0 Å². The molecular weight excluding hydrogens is 212 g/mol. The van der Waals surface area contributed by atoms with Crippen molar-refractivity contribution in [3.63, 3.8) is 0 Å². The molecule has 3 heteroatoms. The molecule has 0 saturated heterocycles. The predicted molar refractivity (Wildman–Crippen MR) is 70.8 cm³/mol. The van der Waals surface area contributed by atoms with Gasteiger partial charge in [-0.25, -0.2) is 0 Å². The summed E-state index contributed by atoms with van der Waals surface area (Å²) in [5, 5.41) is 12.5. The maximum Gasteiger partial charge on any atom is 0.0570 e. The van der Waals surface area contributed by atoms with E-state index in [-0.39, 0.29) is 12.6 Å². The SMILES string of the molecule is CCCC(CCO)CNC(C)c1ccccn1. The zero-order chi connectivity index (χ0) is 12.5. The summed E-state index contributed by atoms with van der Waals surface area (Å²) < 4.78 is 0. The lowest BCUT2D eigenvalue weighted by atomic mass is 10.00. The van der Waals surface area contributed by atoms with E-state index in [2.05, 4.69) is 24.1 Å². The van der Waals surface area contributed by atoms with Crippen molar-refractivity contribution in [2.75, 3.05) is 13.2 Å². The molecule has 1 aromatic heterocycles. The third kappa shape index (κ3) is 5.29. The number of nitrogens with zero attached hydrogens (tertiary/aromatic N) is 1. The first-order valence-electron chi connectivity index (χ1n) is 6.53. The van der Waals surface area contributed by atoms with Crippen LogP contribution >= 0.6 is 0 Å². The Morgan fingerprint density at radius 1 is 1.35 bits per heavy atom. The van der Waals surface area contributed by atoms with Crippen LogP contribution in [0.3, 0.4) is 0 Å². The molecule has 17 heavy (non-hydrogen) atoms. The number of aliphatic hydroxyl groups is 1. The van der Waals surface area contributed by atoms with Crippen molar-refractivity contribution in [3.8, 4) is 0 Å². The standard InChI is InChI=1S/C14H24N2O/c1-3-6-13(8-10-17)11-16-12(2)14-7-4-5-9-15-14/h4-5,7,9,12-13,16-17H,3,6,8,10-11H2,1-2H3. The number of rotatable bonds is 8. The Labute approximate surface area is 104 Å². The van der Waals surface area contributed by atoms with E-state index in [0.29, 0.717) is 5.92 Å². The van der Waals surface area contributed by atoms with Crippen molar-refractivity contribution in [1.29, 1.82) is 0 Å². The molecule has 0 aromatic carbocycles. The Bertz CT molecular complexity index is 284. The molecule has 0 saturated carbocycles. The number of aromatic nitrogens is 1. The summed E-state index contributed by atoms with van der Waals surface area (Å²) in [7, 11) is 0. The summed E-state index contributed by atoms with van der Waals surface area (Å²) in [4.78, 5) is 4.34. The third-order valence-corrected chi connectivity index (χ3v) is 3.08. The summed E-state index contributed by atoms with van der Waals surface area (Å²) in [5.74, 6) is 0.566. The van der Waals surface area contributed by atoms with E-state index in [4.69, 9.17) is 5.11 Å². The van der Waals surface area contributed by atoms with E-state index in [0.717, 1.165) is 18.7 Å². The molecule has 96 valence electrons. The van der Waals surface area contributed by atoms with Crippen LogP contribution in [0.2, 0.25) is 0 Å². The molecule has 0 aliphatic rings. The van der Waals surface area contributed by atoms with E-state index in [1.165, 1.54) is 12.8 Å². The Morgan fingerprint density at radius 3 is 2.76 bits per heavy atom. The van der Waals surface area contributed by atoms with Crippen molar-refractivity contribution < 1.29 is 5.11 Å². The van der Waals surface area contributed by atoms with E-state index >= 15 is 0 Å². The van der Waals surface area contributed by atoms with Gasteiger partial charge in [0.25, 0.3) is 0 Å². The molecule has 0 aliphatic heterocycles. The molecule has 3 nitrogen and oxygen atoms in total. The van der Waals surface area contributed by atoms with Gasteiger partial charge < -0.3 is 10.4 Å². The van der Waals surface area contributed by atoms with Gasteiger partial charge in [-0.1, -0.05) is 19.4 Å². The van der Waals surface area contributed by atoms with Gasteiger partial charge >= 0.3 is 0 Å². The minimum absolute atomic E-state index is 0.272. The van der Waals surface area contributed by atoms with E-state index in [9.17, 15) is 0 Å². The number of hydrogen-bond acceptors (Lipinski definition) is 3. The second-order valence-electron chi connectivity index (χ2n) is 4.55. The molecule has 1 aromatic rings. The number of pyridine rings is 1. The molecule has 0 fully saturated rings. The molecular formula is C14H24N2O. The van der Waals surface area contributed by atoms with Crippen LogP contribution in [0.25, 0.3) is 0 Å². The smallest absolute Gasteiger partial charge is 0.0570 e. The number of nitrogens with one attached hydrogen (secondary N) is 1. The van der Waals surface area contributed by atoms with Crippen molar-refractivity contribution in [1.82, 2.24) is 10.3 Å². The molecule has 2 atom stereocenters. The zero-order valence-electron chi connectivity index (χ0n) is 10.9. The summed E-state index contributed by atoms with van der Waals surface area (Å²) in [6.07, 6.45) is 5.05. The number of aliphatic hydroxyl groups excluding tert-OH is 1. The maximum atomic E-state index is 9.01. The van der Waals surface area contributed by atoms with Gasteiger partial charge in [0.2, 0.25) is 0 Å². The highest BCUT2D eigenvalue weighted by Gasteiger charge is 2.10. The van der Waals surface area contributed by atoms with Crippen molar-refractivity contribution >= 4 is 0 Å². The average Bonchev–Trinajstić information content (AvgIpc) is 2.37. The van der Waals surface area contributed by atoms with Crippen LogP contribution in [0.5, 0.6) is 0 Å². The molecule has 0 radical (unpaired) electrons. The van der Waals surface area contributed by atoms with E-state index < -0.39 is 0 Å². The predicted octanol–water partition coefficient (Wildman–Crippen LogP) is 2.53. The van der Waals surface area contributed by atoms with Crippen LogP contribution in [-0.4, -0.2) is 23.2 Å². The Balaban J connectivity index is 2.38. The molecule has 2 unspecified atom stereocenters. The van der Waals surface area contributed by atoms with E-state index in [1.54, 1.807) is 0 Å².